The van der Waals surface area contributed by atoms with Crippen molar-refractivity contribution in [2.24, 2.45) is 0 Å². The van der Waals surface area contributed by atoms with Gasteiger partial charge < -0.3 is 0 Å². The van der Waals surface area contributed by atoms with Gasteiger partial charge in [0.05, 0.1) is 17.4 Å². The second-order valence-electron chi connectivity index (χ2n) is 3.49. The van der Waals surface area contributed by atoms with Crippen LogP contribution in [0, 0.1) is 5.82 Å². The van der Waals surface area contributed by atoms with Gasteiger partial charge in [0, 0.05) is 11.8 Å². The fourth-order valence-corrected chi connectivity index (χ4v) is 1.43. The van der Waals surface area contributed by atoms with E-state index >= 15 is 0 Å². The highest BCUT2D eigenvalue weighted by molar-refractivity contribution is 5.80. The molecule has 0 atom stereocenters. The fourth-order valence-electron chi connectivity index (χ4n) is 1.43. The Balaban J connectivity index is 2.49. The van der Waals surface area contributed by atoms with Crippen LogP contribution in [0.5, 0.6) is 0 Å². The Kier molecular flexibility index (Phi) is 2.90. The standard InChI is InChI=1S/C11H6F4N2O/c12-9-1-2-10(7(3-9)6-18)17-5-8(4-16-17)11(13,14)15/h1-6H. The molecular formula is C11H6F4N2O. The lowest BCUT2D eigenvalue weighted by atomic mass is 10.2. The van der Waals surface area contributed by atoms with Crippen molar-refractivity contribution in [1.82, 2.24) is 9.78 Å². The molecular weight excluding hydrogens is 252 g/mol. The van der Waals surface area contributed by atoms with E-state index in [-0.39, 0.29) is 11.3 Å². The molecule has 0 bridgehead atoms. The highest BCUT2D eigenvalue weighted by Gasteiger charge is 2.32. The van der Waals surface area contributed by atoms with E-state index in [0.717, 1.165) is 23.0 Å². The minimum Gasteiger partial charge on any atom is -0.298 e. The Labute approximate surface area is 98.6 Å². The van der Waals surface area contributed by atoms with E-state index in [1.54, 1.807) is 0 Å². The van der Waals surface area contributed by atoms with Crippen LogP contribution in [0.4, 0.5) is 17.6 Å². The summed E-state index contributed by atoms with van der Waals surface area (Å²) in [6.07, 6.45) is -2.79. The Morgan fingerprint density at radius 3 is 2.56 bits per heavy atom. The summed E-state index contributed by atoms with van der Waals surface area (Å²) < 4.78 is 50.9. The van der Waals surface area contributed by atoms with Gasteiger partial charge in [-0.15, -0.1) is 0 Å². The molecule has 2 aromatic rings. The Bertz CT molecular complexity index is 589. The molecule has 0 radical (unpaired) electrons. The SMILES string of the molecule is O=Cc1cc(F)ccc1-n1cc(C(F)(F)F)cn1. The summed E-state index contributed by atoms with van der Waals surface area (Å²) in [5.74, 6) is -0.649. The minimum absolute atomic E-state index is 0.0770. The molecule has 0 N–H and O–H groups in total. The maximum Gasteiger partial charge on any atom is 0.419 e. The molecule has 0 fully saturated rings. The zero-order valence-electron chi connectivity index (χ0n) is 8.78. The van der Waals surface area contributed by atoms with Crippen molar-refractivity contribution in [3.05, 3.63) is 47.5 Å². The Morgan fingerprint density at radius 1 is 1.28 bits per heavy atom. The van der Waals surface area contributed by atoms with E-state index in [9.17, 15) is 22.4 Å². The number of benzene rings is 1. The Hall–Kier alpha value is -2.18. The monoisotopic (exact) mass is 258 g/mol. The molecule has 3 nitrogen and oxygen atoms in total. The predicted molar refractivity (Wildman–Crippen MR) is 53.9 cm³/mol. The largest absolute Gasteiger partial charge is 0.419 e. The molecule has 18 heavy (non-hydrogen) atoms. The van der Waals surface area contributed by atoms with Gasteiger partial charge in [0.1, 0.15) is 5.82 Å². The number of hydrogen-bond donors (Lipinski definition) is 0. The van der Waals surface area contributed by atoms with Crippen molar-refractivity contribution in [1.29, 1.82) is 0 Å². The number of aldehydes is 1. The Morgan fingerprint density at radius 2 is 2.00 bits per heavy atom. The quantitative estimate of drug-likeness (QED) is 0.613. The summed E-state index contributed by atoms with van der Waals surface area (Å²) in [5, 5.41) is 3.51. The second kappa shape index (κ2) is 4.25. The normalized spacial score (nSPS) is 11.6. The van der Waals surface area contributed by atoms with Crippen molar-refractivity contribution < 1.29 is 22.4 Å². The highest BCUT2D eigenvalue weighted by Crippen LogP contribution is 2.29. The third kappa shape index (κ3) is 2.24. The van der Waals surface area contributed by atoms with Crippen LogP contribution in [0.25, 0.3) is 5.69 Å². The van der Waals surface area contributed by atoms with Gasteiger partial charge in [-0.25, -0.2) is 9.07 Å². The van der Waals surface area contributed by atoms with E-state index in [0.29, 0.717) is 12.5 Å². The number of alkyl halides is 3. The number of aromatic nitrogens is 2. The average molecular weight is 258 g/mol. The van der Waals surface area contributed by atoms with Gasteiger partial charge in [0.25, 0.3) is 0 Å². The van der Waals surface area contributed by atoms with E-state index in [4.69, 9.17) is 0 Å². The second-order valence-corrected chi connectivity index (χ2v) is 3.49. The van der Waals surface area contributed by atoms with Crippen LogP contribution in [-0.4, -0.2) is 16.1 Å². The van der Waals surface area contributed by atoms with Crippen LogP contribution in [0.3, 0.4) is 0 Å². The summed E-state index contributed by atoms with van der Waals surface area (Å²) in [6.45, 7) is 0. The first-order valence-corrected chi connectivity index (χ1v) is 4.79. The van der Waals surface area contributed by atoms with Gasteiger partial charge >= 0.3 is 6.18 Å². The van der Waals surface area contributed by atoms with Gasteiger partial charge in [-0.05, 0) is 18.2 Å². The first-order chi connectivity index (χ1) is 8.41. The third-order valence-corrected chi connectivity index (χ3v) is 2.27. The zero-order chi connectivity index (χ0) is 13.3. The van der Waals surface area contributed by atoms with Crippen LogP contribution in [0.2, 0.25) is 0 Å². The average Bonchev–Trinajstić information content (AvgIpc) is 2.77. The molecule has 0 saturated heterocycles. The summed E-state index contributed by atoms with van der Waals surface area (Å²) in [4.78, 5) is 10.7. The molecule has 0 spiro atoms. The number of halogens is 4. The first kappa shape index (κ1) is 12.3. The number of carbonyl (C=O) groups is 1. The third-order valence-electron chi connectivity index (χ3n) is 2.27. The van der Waals surface area contributed by atoms with Crippen molar-refractivity contribution in [2.75, 3.05) is 0 Å². The van der Waals surface area contributed by atoms with Crippen LogP contribution < -0.4 is 0 Å². The summed E-state index contributed by atoms with van der Waals surface area (Å²) >= 11 is 0. The molecule has 7 heteroatoms. The summed E-state index contributed by atoms with van der Waals surface area (Å²) in [7, 11) is 0. The van der Waals surface area contributed by atoms with Crippen molar-refractivity contribution in [3.63, 3.8) is 0 Å². The van der Waals surface area contributed by atoms with Crippen molar-refractivity contribution in [2.45, 2.75) is 6.18 Å². The van der Waals surface area contributed by atoms with Gasteiger partial charge in [0.15, 0.2) is 6.29 Å². The van der Waals surface area contributed by atoms with Crippen LogP contribution in [-0.2, 0) is 6.18 Å². The lowest BCUT2D eigenvalue weighted by molar-refractivity contribution is -0.137. The smallest absolute Gasteiger partial charge is 0.298 e. The summed E-state index contributed by atoms with van der Waals surface area (Å²) in [6, 6.07) is 3.15. The molecule has 0 saturated carbocycles. The molecule has 2 rings (SSSR count). The van der Waals surface area contributed by atoms with Crippen LogP contribution in [0.1, 0.15) is 15.9 Å². The van der Waals surface area contributed by atoms with E-state index in [1.807, 2.05) is 0 Å². The van der Waals surface area contributed by atoms with E-state index in [2.05, 4.69) is 5.10 Å². The van der Waals surface area contributed by atoms with Crippen molar-refractivity contribution in [3.8, 4) is 5.69 Å². The molecule has 1 aromatic carbocycles. The van der Waals surface area contributed by atoms with E-state index in [1.165, 1.54) is 6.07 Å². The molecule has 0 amide bonds. The van der Waals surface area contributed by atoms with Crippen LogP contribution in [0.15, 0.2) is 30.6 Å². The molecule has 0 aliphatic heterocycles. The highest BCUT2D eigenvalue weighted by atomic mass is 19.4. The molecule has 94 valence electrons. The number of carbonyl (C=O) groups excluding carboxylic acids is 1. The van der Waals surface area contributed by atoms with Gasteiger partial charge in [-0.1, -0.05) is 0 Å². The minimum atomic E-state index is -4.51. The molecule has 0 aliphatic rings. The maximum absolute atomic E-state index is 12.9. The predicted octanol–water partition coefficient (Wildman–Crippen LogP) is 2.84. The number of nitrogens with zero attached hydrogens (tertiary/aromatic N) is 2. The van der Waals surface area contributed by atoms with Gasteiger partial charge in [0.2, 0.25) is 0 Å². The molecule has 0 aliphatic carbocycles. The summed E-state index contributed by atoms with van der Waals surface area (Å²) in [5.41, 5.74) is -0.933. The fraction of sp³-hybridized carbons (Fsp3) is 0.0909. The van der Waals surface area contributed by atoms with E-state index < -0.39 is 17.6 Å². The molecule has 0 unspecified atom stereocenters. The number of hydrogen-bond acceptors (Lipinski definition) is 2. The maximum atomic E-state index is 12.9. The topological polar surface area (TPSA) is 34.9 Å². The lowest BCUT2D eigenvalue weighted by Gasteiger charge is -2.05. The van der Waals surface area contributed by atoms with Crippen molar-refractivity contribution >= 4 is 6.29 Å². The zero-order valence-corrected chi connectivity index (χ0v) is 8.78. The van der Waals surface area contributed by atoms with Crippen LogP contribution >= 0.6 is 0 Å². The lowest BCUT2D eigenvalue weighted by Crippen LogP contribution is -2.03. The molecule has 1 heterocycles. The van der Waals surface area contributed by atoms with Gasteiger partial charge in [-0.2, -0.15) is 18.3 Å². The molecule has 1 aromatic heterocycles. The first-order valence-electron chi connectivity index (χ1n) is 4.79. The van der Waals surface area contributed by atoms with Gasteiger partial charge in [-0.3, -0.25) is 4.79 Å². The number of rotatable bonds is 2.